The summed E-state index contributed by atoms with van der Waals surface area (Å²) in [5.74, 6) is 0.670. The average Bonchev–Trinajstić information content (AvgIpc) is 2.84. The number of methoxy groups -OCH3 is 1. The summed E-state index contributed by atoms with van der Waals surface area (Å²) in [7, 11) is 1.60. The summed E-state index contributed by atoms with van der Waals surface area (Å²) >= 11 is 0. The van der Waals surface area contributed by atoms with Gasteiger partial charge in [-0.2, -0.15) is 10.4 Å². The fourth-order valence-corrected chi connectivity index (χ4v) is 2.17. The number of hydrogen-bond donors (Lipinski definition) is 1. The molecule has 0 amide bonds. The molecule has 2 aromatic rings. The van der Waals surface area contributed by atoms with Gasteiger partial charge in [0.05, 0.1) is 36.3 Å². The molecule has 0 bridgehead atoms. The van der Waals surface area contributed by atoms with E-state index in [1.54, 1.807) is 13.2 Å². The first kappa shape index (κ1) is 13.9. The summed E-state index contributed by atoms with van der Waals surface area (Å²) in [5.41, 5.74) is 3.37. The molecule has 0 saturated carbocycles. The first-order valence-corrected chi connectivity index (χ1v) is 6.54. The lowest BCUT2D eigenvalue weighted by Crippen LogP contribution is -2.09. The van der Waals surface area contributed by atoms with E-state index in [0.29, 0.717) is 17.9 Å². The molecule has 0 spiro atoms. The molecule has 1 heterocycles. The first-order valence-electron chi connectivity index (χ1n) is 6.54. The highest BCUT2D eigenvalue weighted by molar-refractivity contribution is 5.66. The van der Waals surface area contributed by atoms with Gasteiger partial charge in [0.25, 0.3) is 0 Å². The molecule has 1 aromatic carbocycles. The lowest BCUT2D eigenvalue weighted by molar-refractivity contribution is 0.416. The van der Waals surface area contributed by atoms with Crippen LogP contribution in [0.15, 0.2) is 24.3 Å². The Morgan fingerprint density at radius 1 is 1.45 bits per heavy atom. The molecule has 0 radical (unpaired) electrons. The number of anilines is 1. The predicted molar refractivity (Wildman–Crippen MR) is 77.7 cm³/mol. The Balaban J connectivity index is 2.24. The number of ether oxygens (including phenoxy) is 1. The lowest BCUT2D eigenvalue weighted by atomic mass is 10.1. The van der Waals surface area contributed by atoms with Crippen LogP contribution in [0.4, 0.5) is 5.69 Å². The summed E-state index contributed by atoms with van der Waals surface area (Å²) < 4.78 is 7.25. The van der Waals surface area contributed by atoms with Crippen molar-refractivity contribution in [1.82, 2.24) is 9.78 Å². The zero-order chi connectivity index (χ0) is 14.5. The molecule has 1 aromatic heterocycles. The molecule has 0 aliphatic heterocycles. The molecule has 0 aliphatic carbocycles. The van der Waals surface area contributed by atoms with Crippen LogP contribution in [-0.4, -0.2) is 16.9 Å². The van der Waals surface area contributed by atoms with Gasteiger partial charge in [-0.25, -0.2) is 0 Å². The minimum Gasteiger partial charge on any atom is -0.495 e. The summed E-state index contributed by atoms with van der Waals surface area (Å²) in [6.45, 7) is 5.45. The van der Waals surface area contributed by atoms with Gasteiger partial charge in [-0.3, -0.25) is 4.68 Å². The monoisotopic (exact) mass is 270 g/mol. The van der Waals surface area contributed by atoms with E-state index >= 15 is 0 Å². The van der Waals surface area contributed by atoms with Crippen molar-refractivity contribution in [3.63, 3.8) is 0 Å². The number of nitrogens with one attached hydrogen (secondary N) is 1. The molecule has 5 nitrogen and oxygen atoms in total. The second-order valence-corrected chi connectivity index (χ2v) is 4.44. The third-order valence-corrected chi connectivity index (χ3v) is 3.10. The van der Waals surface area contributed by atoms with Crippen LogP contribution in [0.1, 0.15) is 23.9 Å². The summed E-state index contributed by atoms with van der Waals surface area (Å²) in [4.78, 5) is 0. The largest absolute Gasteiger partial charge is 0.495 e. The van der Waals surface area contributed by atoms with Gasteiger partial charge in [0.2, 0.25) is 0 Å². The zero-order valence-corrected chi connectivity index (χ0v) is 12.0. The topological polar surface area (TPSA) is 62.9 Å². The fraction of sp³-hybridized carbons (Fsp3) is 0.333. The fourth-order valence-electron chi connectivity index (χ4n) is 2.17. The SMILES string of the molecule is CCn1nc(C)cc1CNc1c(C#N)cccc1OC. The van der Waals surface area contributed by atoms with E-state index in [0.717, 1.165) is 23.6 Å². The van der Waals surface area contributed by atoms with Gasteiger partial charge in [0.15, 0.2) is 0 Å². The molecule has 5 heteroatoms. The molecule has 1 N–H and O–H groups in total. The minimum absolute atomic E-state index is 0.573. The second kappa shape index (κ2) is 6.11. The van der Waals surface area contributed by atoms with Crippen molar-refractivity contribution < 1.29 is 4.74 Å². The van der Waals surface area contributed by atoms with Crippen molar-refractivity contribution in [1.29, 1.82) is 5.26 Å². The molecule has 2 rings (SSSR count). The van der Waals surface area contributed by atoms with Crippen molar-refractivity contribution >= 4 is 5.69 Å². The molecular formula is C15H18N4O. The number of aromatic nitrogens is 2. The van der Waals surface area contributed by atoms with Gasteiger partial charge >= 0.3 is 0 Å². The lowest BCUT2D eigenvalue weighted by Gasteiger charge is -2.13. The average molecular weight is 270 g/mol. The van der Waals surface area contributed by atoms with E-state index < -0.39 is 0 Å². The van der Waals surface area contributed by atoms with Gasteiger partial charge in [0.1, 0.15) is 11.8 Å². The number of rotatable bonds is 5. The van der Waals surface area contributed by atoms with Crippen LogP contribution >= 0.6 is 0 Å². The highest BCUT2D eigenvalue weighted by Crippen LogP contribution is 2.28. The maximum absolute atomic E-state index is 9.18. The molecule has 104 valence electrons. The maximum Gasteiger partial charge on any atom is 0.143 e. The molecular weight excluding hydrogens is 252 g/mol. The smallest absolute Gasteiger partial charge is 0.143 e. The number of nitriles is 1. The Bertz CT molecular complexity index is 640. The minimum atomic E-state index is 0.573. The number of benzene rings is 1. The maximum atomic E-state index is 9.18. The highest BCUT2D eigenvalue weighted by atomic mass is 16.5. The Labute approximate surface area is 118 Å². The zero-order valence-electron chi connectivity index (χ0n) is 12.0. The van der Waals surface area contributed by atoms with Crippen LogP contribution < -0.4 is 10.1 Å². The summed E-state index contributed by atoms with van der Waals surface area (Å²) in [5, 5.41) is 16.9. The van der Waals surface area contributed by atoms with Crippen molar-refractivity contribution in [3.05, 3.63) is 41.2 Å². The summed E-state index contributed by atoms with van der Waals surface area (Å²) in [6.07, 6.45) is 0. The number of nitrogens with zero attached hydrogens (tertiary/aromatic N) is 3. The Kier molecular flexibility index (Phi) is 4.26. The molecule has 0 atom stereocenters. The standard InChI is InChI=1S/C15H18N4O/c1-4-19-13(8-11(2)18-19)10-17-15-12(9-16)6-5-7-14(15)20-3/h5-8,17H,4,10H2,1-3H3. The number of aryl methyl sites for hydroxylation is 2. The van der Waals surface area contributed by atoms with Crippen LogP contribution in [0.5, 0.6) is 5.75 Å². The number of hydrogen-bond acceptors (Lipinski definition) is 4. The van der Waals surface area contributed by atoms with Crippen molar-refractivity contribution in [2.24, 2.45) is 0 Å². The molecule has 20 heavy (non-hydrogen) atoms. The number of para-hydroxylation sites is 1. The van der Waals surface area contributed by atoms with Crippen LogP contribution in [0.3, 0.4) is 0 Å². The third-order valence-electron chi connectivity index (χ3n) is 3.10. The second-order valence-electron chi connectivity index (χ2n) is 4.44. The first-order chi connectivity index (χ1) is 9.69. The van der Waals surface area contributed by atoms with Gasteiger partial charge in [0, 0.05) is 6.54 Å². The molecule has 0 aliphatic rings. The van der Waals surface area contributed by atoms with Crippen LogP contribution in [0.2, 0.25) is 0 Å². The van der Waals surface area contributed by atoms with Gasteiger partial charge in [-0.1, -0.05) is 6.07 Å². The van der Waals surface area contributed by atoms with Crippen molar-refractivity contribution in [3.8, 4) is 11.8 Å². The van der Waals surface area contributed by atoms with E-state index in [1.807, 2.05) is 29.8 Å². The molecule has 0 saturated heterocycles. The van der Waals surface area contributed by atoms with E-state index in [2.05, 4.69) is 23.4 Å². The molecule has 0 unspecified atom stereocenters. The Morgan fingerprint density at radius 2 is 2.25 bits per heavy atom. The third kappa shape index (κ3) is 2.75. The van der Waals surface area contributed by atoms with Crippen LogP contribution in [0.25, 0.3) is 0 Å². The van der Waals surface area contributed by atoms with Crippen molar-refractivity contribution in [2.45, 2.75) is 26.9 Å². The quantitative estimate of drug-likeness (QED) is 0.907. The van der Waals surface area contributed by atoms with E-state index in [9.17, 15) is 5.26 Å². The predicted octanol–water partition coefficient (Wildman–Crippen LogP) is 2.70. The van der Waals surface area contributed by atoms with E-state index in [-0.39, 0.29) is 0 Å². The Hall–Kier alpha value is -2.48. The molecule has 0 fully saturated rings. The van der Waals surface area contributed by atoms with Gasteiger partial charge in [-0.15, -0.1) is 0 Å². The van der Waals surface area contributed by atoms with Crippen molar-refractivity contribution in [2.75, 3.05) is 12.4 Å². The van der Waals surface area contributed by atoms with Gasteiger partial charge < -0.3 is 10.1 Å². The normalized spacial score (nSPS) is 10.1. The van der Waals surface area contributed by atoms with E-state index in [1.165, 1.54) is 0 Å². The van der Waals surface area contributed by atoms with Crippen LogP contribution in [-0.2, 0) is 13.1 Å². The van der Waals surface area contributed by atoms with Gasteiger partial charge in [-0.05, 0) is 32.0 Å². The van der Waals surface area contributed by atoms with Crippen LogP contribution in [0, 0.1) is 18.3 Å². The Morgan fingerprint density at radius 3 is 2.90 bits per heavy atom. The summed E-state index contributed by atoms with van der Waals surface area (Å²) in [6, 6.07) is 9.63. The highest BCUT2D eigenvalue weighted by Gasteiger charge is 2.10. The van der Waals surface area contributed by atoms with E-state index in [4.69, 9.17) is 4.74 Å².